The number of ether oxygens (including phenoxy) is 2. The van der Waals surface area contributed by atoms with Crippen molar-refractivity contribution in [3.8, 4) is 5.75 Å². The molecule has 0 saturated heterocycles. The zero-order valence-corrected chi connectivity index (χ0v) is 22.3. The number of fused-ring (bicyclic) bond motifs is 1. The number of carbonyl (C=O) groups excluding carboxylic acids is 2. The first-order chi connectivity index (χ1) is 18.0. The van der Waals surface area contributed by atoms with Crippen LogP contribution in [0.1, 0.15) is 49.1 Å². The van der Waals surface area contributed by atoms with Crippen LogP contribution in [0.15, 0.2) is 82.0 Å². The topological polar surface area (TPSA) is 94.8 Å². The Morgan fingerprint density at radius 3 is 2.26 bits per heavy atom. The zero-order chi connectivity index (χ0) is 27.4. The summed E-state index contributed by atoms with van der Waals surface area (Å²) >= 11 is 6.51. The van der Waals surface area contributed by atoms with E-state index in [0.29, 0.717) is 22.9 Å². The van der Waals surface area contributed by atoms with Crippen molar-refractivity contribution in [2.45, 2.75) is 45.8 Å². The van der Waals surface area contributed by atoms with Crippen molar-refractivity contribution in [3.63, 3.8) is 0 Å². The quantitative estimate of drug-likeness (QED) is 0.172. The van der Waals surface area contributed by atoms with Gasteiger partial charge in [-0.05, 0) is 50.5 Å². The van der Waals surface area contributed by atoms with Gasteiger partial charge in [-0.25, -0.2) is 14.4 Å². The van der Waals surface area contributed by atoms with E-state index in [0.717, 1.165) is 11.1 Å². The molecule has 1 atom stereocenters. The van der Waals surface area contributed by atoms with E-state index < -0.39 is 29.3 Å². The predicted molar refractivity (Wildman–Crippen MR) is 146 cm³/mol. The summed E-state index contributed by atoms with van der Waals surface area (Å²) in [6.45, 7) is 6.99. The summed E-state index contributed by atoms with van der Waals surface area (Å²) in [5.41, 5.74) is 1.71. The van der Waals surface area contributed by atoms with Gasteiger partial charge in [0, 0.05) is 23.4 Å². The van der Waals surface area contributed by atoms with Gasteiger partial charge < -0.3 is 19.2 Å². The Morgan fingerprint density at radius 1 is 1.00 bits per heavy atom. The monoisotopic (exact) mass is 533 g/mol. The summed E-state index contributed by atoms with van der Waals surface area (Å²) < 4.78 is 16.5. The van der Waals surface area contributed by atoms with Gasteiger partial charge >= 0.3 is 17.7 Å². The average Bonchev–Trinajstić information content (AvgIpc) is 2.86. The van der Waals surface area contributed by atoms with Gasteiger partial charge in [0.05, 0.1) is 5.02 Å². The smallest absolute Gasteiger partial charge is 0.408 e. The van der Waals surface area contributed by atoms with Crippen LogP contribution in [0.25, 0.3) is 11.0 Å². The third-order valence-corrected chi connectivity index (χ3v) is 6.10. The van der Waals surface area contributed by atoms with Crippen LogP contribution in [0.3, 0.4) is 0 Å². The third-order valence-electron chi connectivity index (χ3n) is 5.80. The zero-order valence-electron chi connectivity index (χ0n) is 21.5. The van der Waals surface area contributed by atoms with Crippen molar-refractivity contribution in [1.82, 2.24) is 5.32 Å². The van der Waals surface area contributed by atoms with Crippen molar-refractivity contribution in [1.29, 1.82) is 0 Å². The molecule has 1 aromatic heterocycles. The van der Waals surface area contributed by atoms with Crippen molar-refractivity contribution in [3.05, 3.63) is 110 Å². The summed E-state index contributed by atoms with van der Waals surface area (Å²) in [7, 11) is 0. The molecule has 3 aromatic carbocycles. The molecule has 0 bridgehead atoms. The van der Waals surface area contributed by atoms with Gasteiger partial charge in [0.15, 0.2) is 11.8 Å². The Balaban J connectivity index is 1.64. The highest BCUT2D eigenvalue weighted by atomic mass is 35.5. The summed E-state index contributed by atoms with van der Waals surface area (Å²) in [5.74, 6) is -0.794. The van der Waals surface area contributed by atoms with E-state index in [-0.39, 0.29) is 16.4 Å². The van der Waals surface area contributed by atoms with E-state index >= 15 is 0 Å². The Hall–Kier alpha value is -4.10. The summed E-state index contributed by atoms with van der Waals surface area (Å²) in [6, 6.07) is 20.1. The Morgan fingerprint density at radius 2 is 1.63 bits per heavy atom. The number of hydrogen-bond acceptors (Lipinski definition) is 6. The molecular formula is C30H28ClNO6. The largest absolute Gasteiger partial charge is 0.444 e. The second kappa shape index (κ2) is 11.1. The number of amides is 1. The standard InChI is InChI=1S/C30H28ClNO6/c1-18-21-16-23(31)25(17-24(21)36-27(33)22(18)15-19-11-7-5-8-12-19)37-28(34)26(20-13-9-6-10-14-20)32-29(35)38-30(2,3)4/h5-14,16-17,26H,15H2,1-4H3,(H,32,35). The van der Waals surface area contributed by atoms with Gasteiger partial charge in [0.25, 0.3) is 0 Å². The third kappa shape index (κ3) is 6.42. The molecule has 0 spiro atoms. The average molecular weight is 534 g/mol. The highest BCUT2D eigenvalue weighted by molar-refractivity contribution is 6.33. The van der Waals surface area contributed by atoms with Gasteiger partial charge in [0.2, 0.25) is 0 Å². The van der Waals surface area contributed by atoms with Gasteiger partial charge in [-0.2, -0.15) is 0 Å². The molecule has 38 heavy (non-hydrogen) atoms. The van der Waals surface area contributed by atoms with Crippen LogP contribution in [0.4, 0.5) is 4.79 Å². The number of nitrogens with one attached hydrogen (secondary N) is 1. The normalized spacial score (nSPS) is 12.1. The molecule has 0 saturated carbocycles. The minimum Gasteiger partial charge on any atom is -0.444 e. The van der Waals surface area contributed by atoms with Crippen molar-refractivity contribution in [2.24, 2.45) is 0 Å². The number of aryl methyl sites for hydroxylation is 1. The fraction of sp³-hybridized carbons (Fsp3) is 0.233. The predicted octanol–water partition coefficient (Wildman–Crippen LogP) is 6.52. The summed E-state index contributed by atoms with van der Waals surface area (Å²) in [4.78, 5) is 38.5. The number of carbonyl (C=O) groups is 2. The molecule has 1 amide bonds. The lowest BCUT2D eigenvalue weighted by atomic mass is 9.99. The number of alkyl carbamates (subject to hydrolysis) is 1. The van der Waals surface area contributed by atoms with Gasteiger partial charge in [-0.1, -0.05) is 72.3 Å². The Kier molecular flexibility index (Phi) is 7.88. The first-order valence-corrected chi connectivity index (χ1v) is 12.5. The van der Waals surface area contributed by atoms with E-state index in [1.807, 2.05) is 37.3 Å². The molecule has 1 unspecified atom stereocenters. The molecule has 0 aliphatic rings. The lowest BCUT2D eigenvalue weighted by Crippen LogP contribution is -2.39. The van der Waals surface area contributed by atoms with Crippen LogP contribution in [0, 0.1) is 6.92 Å². The van der Waals surface area contributed by atoms with Crippen molar-refractivity contribution >= 4 is 34.6 Å². The molecule has 8 heteroatoms. The number of halogens is 1. The number of esters is 1. The lowest BCUT2D eigenvalue weighted by molar-refractivity contribution is -0.137. The van der Waals surface area contributed by atoms with Gasteiger partial charge in [0.1, 0.15) is 11.2 Å². The molecule has 1 heterocycles. The number of benzene rings is 3. The lowest BCUT2D eigenvalue weighted by Gasteiger charge is -2.23. The number of rotatable bonds is 6. The van der Waals surface area contributed by atoms with Crippen molar-refractivity contribution in [2.75, 3.05) is 0 Å². The van der Waals surface area contributed by atoms with E-state index in [4.69, 9.17) is 25.5 Å². The maximum Gasteiger partial charge on any atom is 0.408 e. The van der Waals surface area contributed by atoms with Crippen LogP contribution in [-0.4, -0.2) is 17.7 Å². The van der Waals surface area contributed by atoms with E-state index in [1.54, 1.807) is 57.2 Å². The second-order valence-corrected chi connectivity index (χ2v) is 10.3. The van der Waals surface area contributed by atoms with Crippen LogP contribution in [-0.2, 0) is 16.0 Å². The van der Waals surface area contributed by atoms with Crippen LogP contribution in [0.5, 0.6) is 5.75 Å². The highest BCUT2D eigenvalue weighted by Gasteiger charge is 2.28. The molecule has 4 aromatic rings. The Bertz CT molecular complexity index is 1520. The molecule has 0 aliphatic heterocycles. The van der Waals surface area contributed by atoms with Crippen LogP contribution in [0.2, 0.25) is 5.02 Å². The molecule has 0 aliphatic carbocycles. The van der Waals surface area contributed by atoms with Gasteiger partial charge in [-0.15, -0.1) is 0 Å². The van der Waals surface area contributed by atoms with Gasteiger partial charge in [-0.3, -0.25) is 0 Å². The molecule has 1 N–H and O–H groups in total. The first kappa shape index (κ1) is 26.9. The Labute approximate surface area is 225 Å². The fourth-order valence-corrected chi connectivity index (χ4v) is 4.19. The minimum absolute atomic E-state index is 0.00514. The van der Waals surface area contributed by atoms with Crippen LogP contribution < -0.4 is 15.7 Å². The number of hydrogen-bond donors (Lipinski definition) is 1. The van der Waals surface area contributed by atoms with E-state index in [9.17, 15) is 14.4 Å². The fourth-order valence-electron chi connectivity index (χ4n) is 3.99. The SMILES string of the molecule is Cc1c(Cc2ccccc2)c(=O)oc2cc(OC(=O)C(NC(=O)OC(C)(C)C)c3ccccc3)c(Cl)cc12. The molecule has 196 valence electrons. The minimum atomic E-state index is -1.17. The van der Waals surface area contributed by atoms with Crippen LogP contribution >= 0.6 is 11.6 Å². The second-order valence-electron chi connectivity index (χ2n) is 9.85. The summed E-state index contributed by atoms with van der Waals surface area (Å²) in [5, 5.41) is 3.34. The molecule has 0 radical (unpaired) electrons. The van der Waals surface area contributed by atoms with Crippen molar-refractivity contribution < 1.29 is 23.5 Å². The summed E-state index contributed by atoms with van der Waals surface area (Å²) in [6.07, 6.45) is -0.366. The van der Waals surface area contributed by atoms with E-state index in [1.165, 1.54) is 6.07 Å². The first-order valence-electron chi connectivity index (χ1n) is 12.1. The maximum atomic E-state index is 13.3. The molecular weight excluding hydrogens is 506 g/mol. The molecule has 0 fully saturated rings. The van der Waals surface area contributed by atoms with E-state index in [2.05, 4.69) is 5.32 Å². The molecule has 7 nitrogen and oxygen atoms in total. The molecule has 4 rings (SSSR count). The maximum absolute atomic E-state index is 13.3. The highest BCUT2D eigenvalue weighted by Crippen LogP contribution is 2.33.